The van der Waals surface area contributed by atoms with Gasteiger partial charge in [-0.2, -0.15) is 0 Å². The first kappa shape index (κ1) is 20.7. The summed E-state index contributed by atoms with van der Waals surface area (Å²) in [6, 6.07) is 12.9. The highest BCUT2D eigenvalue weighted by molar-refractivity contribution is 5.79. The minimum atomic E-state index is 0.264. The van der Waals surface area contributed by atoms with Crippen LogP contribution in [0, 0.1) is 0 Å². The number of carbonyl (C=O) groups is 1. The van der Waals surface area contributed by atoms with Crippen molar-refractivity contribution in [3.8, 4) is 5.75 Å². The normalized spacial score (nSPS) is 17.3. The molecule has 0 radical (unpaired) electrons. The summed E-state index contributed by atoms with van der Waals surface area (Å²) in [7, 11) is 0. The van der Waals surface area contributed by atoms with E-state index in [4.69, 9.17) is 4.74 Å². The van der Waals surface area contributed by atoms with E-state index in [0.29, 0.717) is 19.1 Å². The van der Waals surface area contributed by atoms with Gasteiger partial charge < -0.3 is 19.9 Å². The molecule has 1 aromatic carbocycles. The number of carbonyl (C=O) groups excluding carboxylic acids is 1. The van der Waals surface area contributed by atoms with Gasteiger partial charge >= 0.3 is 0 Å². The Morgan fingerprint density at radius 3 is 2.53 bits per heavy atom. The quantitative estimate of drug-likeness (QED) is 0.681. The zero-order valence-electron chi connectivity index (χ0n) is 17.6. The van der Waals surface area contributed by atoms with Crippen molar-refractivity contribution in [1.29, 1.82) is 0 Å². The van der Waals surface area contributed by atoms with Crippen LogP contribution in [0.3, 0.4) is 0 Å². The minimum Gasteiger partial charge on any atom is -0.491 e. The minimum absolute atomic E-state index is 0.264. The number of benzene rings is 1. The first-order chi connectivity index (χ1) is 14.8. The second-order valence-corrected chi connectivity index (χ2v) is 8.18. The van der Waals surface area contributed by atoms with Gasteiger partial charge in [-0.15, -0.1) is 0 Å². The van der Waals surface area contributed by atoms with E-state index >= 15 is 0 Å². The average molecular weight is 409 g/mol. The van der Waals surface area contributed by atoms with Crippen LogP contribution in [0.1, 0.15) is 31.2 Å². The van der Waals surface area contributed by atoms with Gasteiger partial charge in [-0.25, -0.2) is 0 Å². The molecular weight excluding hydrogens is 376 g/mol. The highest BCUT2D eigenvalue weighted by Gasteiger charge is 2.20. The van der Waals surface area contributed by atoms with E-state index < -0.39 is 0 Å². The van der Waals surface area contributed by atoms with Crippen molar-refractivity contribution in [3.63, 3.8) is 0 Å². The lowest BCUT2D eigenvalue weighted by atomic mass is 10.0. The van der Waals surface area contributed by atoms with Crippen LogP contribution in [0.2, 0.25) is 0 Å². The second kappa shape index (κ2) is 10.4. The fraction of sp³-hybridized carbons (Fsp3) is 0.500. The third kappa shape index (κ3) is 5.72. The Morgan fingerprint density at radius 2 is 1.83 bits per heavy atom. The van der Waals surface area contributed by atoms with Crippen molar-refractivity contribution < 1.29 is 9.53 Å². The molecule has 2 aliphatic rings. The number of amides is 1. The number of hydrogen-bond acceptors (Lipinski definition) is 5. The van der Waals surface area contributed by atoms with Gasteiger partial charge in [0.2, 0.25) is 5.91 Å². The van der Waals surface area contributed by atoms with Gasteiger partial charge in [0.1, 0.15) is 12.4 Å². The molecule has 3 heterocycles. The molecule has 0 spiro atoms. The molecule has 2 aromatic rings. The largest absolute Gasteiger partial charge is 0.491 e. The van der Waals surface area contributed by atoms with Gasteiger partial charge in [0.05, 0.1) is 12.6 Å². The van der Waals surface area contributed by atoms with E-state index in [2.05, 4.69) is 39.5 Å². The number of ether oxygens (including phenoxy) is 1. The highest BCUT2D eigenvalue weighted by atomic mass is 16.5. The van der Waals surface area contributed by atoms with Gasteiger partial charge in [0, 0.05) is 50.6 Å². The Labute approximate surface area is 179 Å². The number of rotatable bonds is 8. The first-order valence-corrected chi connectivity index (χ1v) is 11.2. The average Bonchev–Trinajstić information content (AvgIpc) is 3.34. The Morgan fingerprint density at radius 1 is 1.07 bits per heavy atom. The SMILES string of the molecule is O=C(Cc1ccc(N2CCC(NCCOc3cccnc3)CC2)cc1)N1CCCC1. The van der Waals surface area contributed by atoms with Crippen LogP contribution in [0.5, 0.6) is 5.75 Å². The molecule has 0 bridgehead atoms. The van der Waals surface area contributed by atoms with Crippen molar-refractivity contribution in [2.24, 2.45) is 0 Å². The predicted octanol–water partition coefficient (Wildman–Crippen LogP) is 2.88. The maximum absolute atomic E-state index is 12.3. The summed E-state index contributed by atoms with van der Waals surface area (Å²) in [6.07, 6.45) is 8.56. The zero-order valence-corrected chi connectivity index (χ0v) is 17.6. The lowest BCUT2D eigenvalue weighted by molar-refractivity contribution is -0.129. The molecule has 160 valence electrons. The number of pyridine rings is 1. The molecule has 6 heteroatoms. The smallest absolute Gasteiger partial charge is 0.226 e. The Bertz CT molecular complexity index is 783. The van der Waals surface area contributed by atoms with Gasteiger partial charge in [0.15, 0.2) is 0 Å². The summed E-state index contributed by atoms with van der Waals surface area (Å²) in [5.74, 6) is 1.08. The molecular formula is C24H32N4O2. The number of nitrogens with one attached hydrogen (secondary N) is 1. The summed E-state index contributed by atoms with van der Waals surface area (Å²) < 4.78 is 5.70. The monoisotopic (exact) mass is 408 g/mol. The Balaban J connectivity index is 1.16. The fourth-order valence-corrected chi connectivity index (χ4v) is 4.28. The number of anilines is 1. The molecule has 1 aromatic heterocycles. The molecule has 0 unspecified atom stereocenters. The zero-order chi connectivity index (χ0) is 20.6. The lowest BCUT2D eigenvalue weighted by Crippen LogP contribution is -2.43. The molecule has 2 aliphatic heterocycles. The van der Waals surface area contributed by atoms with Crippen LogP contribution >= 0.6 is 0 Å². The molecule has 30 heavy (non-hydrogen) atoms. The van der Waals surface area contributed by atoms with Crippen LogP contribution in [0.25, 0.3) is 0 Å². The summed E-state index contributed by atoms with van der Waals surface area (Å²) >= 11 is 0. The summed E-state index contributed by atoms with van der Waals surface area (Å²) in [6.45, 7) is 5.45. The number of likely N-dealkylation sites (tertiary alicyclic amines) is 1. The van der Waals surface area contributed by atoms with Crippen LogP contribution < -0.4 is 15.0 Å². The molecule has 0 saturated carbocycles. The van der Waals surface area contributed by atoms with Crippen LogP contribution in [-0.4, -0.2) is 61.2 Å². The number of piperidine rings is 1. The molecule has 1 N–H and O–H groups in total. The number of hydrogen-bond donors (Lipinski definition) is 1. The molecule has 1 amide bonds. The third-order valence-corrected chi connectivity index (χ3v) is 6.05. The van der Waals surface area contributed by atoms with Crippen LogP contribution in [0.4, 0.5) is 5.69 Å². The lowest BCUT2D eigenvalue weighted by Gasteiger charge is -2.34. The molecule has 4 rings (SSSR count). The van der Waals surface area contributed by atoms with Gasteiger partial charge in [-0.1, -0.05) is 12.1 Å². The van der Waals surface area contributed by atoms with Crippen molar-refractivity contribution >= 4 is 11.6 Å². The van der Waals surface area contributed by atoms with Gasteiger partial charge in [-0.3, -0.25) is 9.78 Å². The standard InChI is InChI=1S/C24H32N4O2/c29-24(28-13-1-2-14-28)18-20-5-7-22(8-6-20)27-15-9-21(10-16-27)26-12-17-30-23-4-3-11-25-19-23/h3-8,11,19,21,26H,1-2,9-10,12-18H2. The van der Waals surface area contributed by atoms with E-state index in [1.165, 1.54) is 5.69 Å². The third-order valence-electron chi connectivity index (χ3n) is 6.05. The van der Waals surface area contributed by atoms with Crippen molar-refractivity contribution in [2.75, 3.05) is 44.2 Å². The van der Waals surface area contributed by atoms with E-state index in [1.807, 2.05) is 17.0 Å². The van der Waals surface area contributed by atoms with Crippen LogP contribution in [0.15, 0.2) is 48.8 Å². The van der Waals surface area contributed by atoms with E-state index in [-0.39, 0.29) is 5.91 Å². The van der Waals surface area contributed by atoms with E-state index in [0.717, 1.165) is 69.7 Å². The highest BCUT2D eigenvalue weighted by Crippen LogP contribution is 2.21. The van der Waals surface area contributed by atoms with Crippen LogP contribution in [-0.2, 0) is 11.2 Å². The molecule has 2 fully saturated rings. The second-order valence-electron chi connectivity index (χ2n) is 8.18. The van der Waals surface area contributed by atoms with Gasteiger partial charge in [-0.05, 0) is 55.5 Å². The van der Waals surface area contributed by atoms with E-state index in [1.54, 1.807) is 12.4 Å². The first-order valence-electron chi connectivity index (χ1n) is 11.2. The summed E-state index contributed by atoms with van der Waals surface area (Å²) in [5, 5.41) is 3.61. The maximum Gasteiger partial charge on any atom is 0.226 e. The Hall–Kier alpha value is -2.60. The van der Waals surface area contributed by atoms with E-state index in [9.17, 15) is 4.79 Å². The predicted molar refractivity (Wildman–Crippen MR) is 119 cm³/mol. The topological polar surface area (TPSA) is 57.7 Å². The molecule has 0 aliphatic carbocycles. The van der Waals surface area contributed by atoms with Crippen molar-refractivity contribution in [1.82, 2.24) is 15.2 Å². The Kier molecular flexibility index (Phi) is 7.19. The molecule has 0 atom stereocenters. The molecule has 2 saturated heterocycles. The maximum atomic E-state index is 12.3. The van der Waals surface area contributed by atoms with Gasteiger partial charge in [0.25, 0.3) is 0 Å². The summed E-state index contributed by atoms with van der Waals surface area (Å²) in [5.41, 5.74) is 2.37. The number of nitrogens with zero attached hydrogens (tertiary/aromatic N) is 3. The summed E-state index contributed by atoms with van der Waals surface area (Å²) in [4.78, 5) is 20.8. The van der Waals surface area contributed by atoms with Crippen molar-refractivity contribution in [3.05, 3.63) is 54.4 Å². The molecule has 6 nitrogen and oxygen atoms in total. The fourth-order valence-electron chi connectivity index (χ4n) is 4.28. The van der Waals surface area contributed by atoms with Crippen molar-refractivity contribution in [2.45, 2.75) is 38.1 Å². The number of aromatic nitrogens is 1.